The Morgan fingerprint density at radius 2 is 2.03 bits per heavy atom. The zero-order valence-electron chi connectivity index (χ0n) is 15.8. The Morgan fingerprint density at radius 1 is 1.27 bits per heavy atom. The molecule has 0 atom stereocenters. The van der Waals surface area contributed by atoms with Crippen LogP contribution in [0.3, 0.4) is 0 Å². The van der Waals surface area contributed by atoms with Gasteiger partial charge >= 0.3 is 0 Å². The first kappa shape index (κ1) is 21.5. The molecule has 0 spiro atoms. The van der Waals surface area contributed by atoms with Crippen molar-refractivity contribution in [3.05, 3.63) is 79.2 Å². The van der Waals surface area contributed by atoms with Gasteiger partial charge in [-0.1, -0.05) is 35.4 Å². The van der Waals surface area contributed by atoms with Crippen molar-refractivity contribution in [1.82, 2.24) is 10.2 Å². The number of carbonyl (C=O) groups excluding carboxylic acids is 3. The molecular formula is C20H16ClN3O5S. The highest BCUT2D eigenvalue weighted by Gasteiger charge is 2.34. The fourth-order valence-corrected chi connectivity index (χ4v) is 3.82. The quantitative estimate of drug-likeness (QED) is 0.408. The van der Waals surface area contributed by atoms with Crippen LogP contribution in [0.15, 0.2) is 47.4 Å². The summed E-state index contributed by atoms with van der Waals surface area (Å²) in [4.78, 5) is 48.4. The smallest absolute Gasteiger partial charge is 0.293 e. The monoisotopic (exact) mass is 445 g/mol. The van der Waals surface area contributed by atoms with E-state index >= 15 is 0 Å². The molecule has 1 fully saturated rings. The summed E-state index contributed by atoms with van der Waals surface area (Å²) in [7, 11) is 0. The van der Waals surface area contributed by atoms with E-state index < -0.39 is 16.1 Å². The van der Waals surface area contributed by atoms with Crippen molar-refractivity contribution in [3.63, 3.8) is 0 Å². The number of nitro benzene ring substituents is 1. The van der Waals surface area contributed by atoms with Crippen molar-refractivity contribution in [3.8, 4) is 0 Å². The Kier molecular flexibility index (Phi) is 6.53. The normalized spacial score (nSPS) is 15.0. The lowest BCUT2D eigenvalue weighted by molar-refractivity contribution is -0.384. The van der Waals surface area contributed by atoms with Crippen molar-refractivity contribution in [2.24, 2.45) is 0 Å². The van der Waals surface area contributed by atoms with Gasteiger partial charge in [0.05, 0.1) is 9.83 Å². The average molecular weight is 446 g/mol. The molecule has 1 aliphatic heterocycles. The van der Waals surface area contributed by atoms with Gasteiger partial charge in [0.2, 0.25) is 0 Å². The van der Waals surface area contributed by atoms with Gasteiger partial charge in [0.15, 0.2) is 0 Å². The average Bonchev–Trinajstić information content (AvgIpc) is 2.96. The second-order valence-electron chi connectivity index (χ2n) is 6.43. The SMILES string of the molecule is Cc1cccc(C(=O)NCCN2C(=O)S/C(=C\c3ccc(Cl)c([N+](=O)[O-])c3)C2=O)c1. The van der Waals surface area contributed by atoms with Gasteiger partial charge in [-0.2, -0.15) is 0 Å². The highest BCUT2D eigenvalue weighted by Crippen LogP contribution is 2.33. The van der Waals surface area contributed by atoms with Crippen molar-refractivity contribution in [2.75, 3.05) is 13.1 Å². The van der Waals surface area contributed by atoms with E-state index in [0.29, 0.717) is 11.1 Å². The van der Waals surface area contributed by atoms with Crippen molar-refractivity contribution in [2.45, 2.75) is 6.92 Å². The van der Waals surface area contributed by atoms with Crippen LogP contribution in [0, 0.1) is 17.0 Å². The molecule has 0 bridgehead atoms. The molecule has 1 heterocycles. The number of rotatable bonds is 6. The number of amides is 3. The van der Waals surface area contributed by atoms with Gasteiger partial charge in [-0.05, 0) is 48.5 Å². The molecule has 0 aromatic heterocycles. The molecular weight excluding hydrogens is 430 g/mol. The standard InChI is InChI=1S/C20H16ClN3O5S/c1-12-3-2-4-14(9-12)18(25)22-7-8-23-19(26)17(30-20(23)27)11-13-5-6-15(21)16(10-13)24(28)29/h2-6,9-11H,7-8H2,1H3,(H,22,25)/b17-11-. The van der Waals surface area contributed by atoms with Crippen LogP contribution in [0.2, 0.25) is 5.02 Å². The van der Waals surface area contributed by atoms with Crippen LogP contribution in [0.5, 0.6) is 0 Å². The Balaban J connectivity index is 1.65. The molecule has 3 amide bonds. The number of hydrogen-bond acceptors (Lipinski definition) is 6. The molecule has 10 heteroatoms. The summed E-state index contributed by atoms with van der Waals surface area (Å²) in [5.74, 6) is -0.818. The number of imide groups is 1. The van der Waals surface area contributed by atoms with E-state index in [0.717, 1.165) is 22.2 Å². The lowest BCUT2D eigenvalue weighted by atomic mass is 10.1. The van der Waals surface area contributed by atoms with Crippen molar-refractivity contribution in [1.29, 1.82) is 0 Å². The van der Waals surface area contributed by atoms with Crippen LogP contribution in [0.4, 0.5) is 10.5 Å². The molecule has 0 aliphatic carbocycles. The number of nitrogens with zero attached hydrogens (tertiary/aromatic N) is 2. The maximum absolute atomic E-state index is 12.5. The third kappa shape index (κ3) is 4.87. The maximum Gasteiger partial charge on any atom is 0.293 e. The zero-order chi connectivity index (χ0) is 21.8. The predicted molar refractivity (Wildman–Crippen MR) is 114 cm³/mol. The van der Waals surface area contributed by atoms with E-state index in [1.54, 1.807) is 18.2 Å². The van der Waals surface area contributed by atoms with Gasteiger partial charge in [0.1, 0.15) is 5.02 Å². The van der Waals surface area contributed by atoms with Gasteiger partial charge < -0.3 is 5.32 Å². The number of carbonyl (C=O) groups is 3. The molecule has 0 unspecified atom stereocenters. The number of halogens is 1. The number of thioether (sulfide) groups is 1. The van der Waals surface area contributed by atoms with Crippen LogP contribution in [0.1, 0.15) is 21.5 Å². The first-order valence-corrected chi connectivity index (χ1v) is 10.00. The summed E-state index contributed by atoms with van der Waals surface area (Å²) >= 11 is 6.52. The first-order chi connectivity index (χ1) is 14.3. The minimum absolute atomic E-state index is 0.0142. The summed E-state index contributed by atoms with van der Waals surface area (Å²) in [6, 6.07) is 11.2. The van der Waals surface area contributed by atoms with E-state index in [9.17, 15) is 24.5 Å². The number of benzene rings is 2. The Labute approximate surface area is 181 Å². The van der Waals surface area contributed by atoms with Gasteiger partial charge in [0, 0.05) is 24.7 Å². The minimum Gasteiger partial charge on any atom is -0.350 e. The van der Waals surface area contributed by atoms with E-state index in [1.807, 2.05) is 13.0 Å². The Bertz CT molecular complexity index is 1090. The molecule has 30 heavy (non-hydrogen) atoms. The van der Waals surface area contributed by atoms with E-state index in [2.05, 4.69) is 5.32 Å². The van der Waals surface area contributed by atoms with E-state index in [4.69, 9.17) is 11.6 Å². The topological polar surface area (TPSA) is 110 Å². The highest BCUT2D eigenvalue weighted by atomic mass is 35.5. The predicted octanol–water partition coefficient (Wildman–Crippen LogP) is 4.02. The minimum atomic E-state index is -0.623. The Morgan fingerprint density at radius 3 is 2.73 bits per heavy atom. The van der Waals surface area contributed by atoms with E-state index in [-0.39, 0.29) is 34.6 Å². The molecule has 3 rings (SSSR count). The zero-order valence-corrected chi connectivity index (χ0v) is 17.3. The molecule has 1 saturated heterocycles. The summed E-state index contributed by atoms with van der Waals surface area (Å²) in [5, 5.41) is 13.2. The van der Waals surface area contributed by atoms with Crippen molar-refractivity contribution < 1.29 is 19.3 Å². The van der Waals surface area contributed by atoms with Crippen LogP contribution in [-0.4, -0.2) is 40.0 Å². The fourth-order valence-electron chi connectivity index (χ4n) is 2.77. The second-order valence-corrected chi connectivity index (χ2v) is 7.83. The van der Waals surface area contributed by atoms with Crippen molar-refractivity contribution >= 4 is 52.2 Å². The Hall–Kier alpha value is -3.17. The van der Waals surface area contributed by atoms with Gasteiger partial charge in [-0.25, -0.2) is 0 Å². The highest BCUT2D eigenvalue weighted by molar-refractivity contribution is 8.18. The lowest BCUT2D eigenvalue weighted by Gasteiger charge is -2.13. The summed E-state index contributed by atoms with van der Waals surface area (Å²) in [6.45, 7) is 1.99. The van der Waals surface area contributed by atoms with Crippen LogP contribution in [0.25, 0.3) is 6.08 Å². The molecule has 1 aliphatic rings. The second kappa shape index (κ2) is 9.10. The molecule has 2 aromatic rings. The van der Waals surface area contributed by atoms with Crippen LogP contribution in [-0.2, 0) is 4.79 Å². The third-order valence-electron chi connectivity index (χ3n) is 4.24. The molecule has 0 radical (unpaired) electrons. The first-order valence-electron chi connectivity index (χ1n) is 8.80. The maximum atomic E-state index is 12.5. The van der Waals surface area contributed by atoms with Crippen LogP contribution < -0.4 is 5.32 Å². The van der Waals surface area contributed by atoms with Gasteiger partial charge in [0.25, 0.3) is 22.7 Å². The number of nitro groups is 1. The van der Waals surface area contributed by atoms with E-state index in [1.165, 1.54) is 24.3 Å². The lowest BCUT2D eigenvalue weighted by Crippen LogP contribution is -2.37. The molecule has 1 N–H and O–H groups in total. The number of nitrogens with one attached hydrogen (secondary N) is 1. The largest absolute Gasteiger partial charge is 0.350 e. The summed E-state index contributed by atoms with van der Waals surface area (Å²) in [5.41, 5.74) is 1.53. The fraction of sp³-hybridized carbons (Fsp3) is 0.150. The van der Waals surface area contributed by atoms with Crippen LogP contribution >= 0.6 is 23.4 Å². The number of aryl methyl sites for hydroxylation is 1. The summed E-state index contributed by atoms with van der Waals surface area (Å²) in [6.07, 6.45) is 1.40. The van der Waals surface area contributed by atoms with Gasteiger partial charge in [-0.3, -0.25) is 29.4 Å². The molecule has 8 nitrogen and oxygen atoms in total. The summed E-state index contributed by atoms with van der Waals surface area (Å²) < 4.78 is 0. The molecule has 0 saturated carbocycles. The third-order valence-corrected chi connectivity index (χ3v) is 5.47. The van der Waals surface area contributed by atoms with Gasteiger partial charge in [-0.15, -0.1) is 0 Å². The molecule has 2 aromatic carbocycles. The molecule has 154 valence electrons. The number of hydrogen-bond donors (Lipinski definition) is 1.